The van der Waals surface area contributed by atoms with E-state index in [9.17, 15) is 14.4 Å². The highest BCUT2D eigenvalue weighted by atomic mass is 79.9. The number of fused-ring (bicyclic) bond motifs is 1. The number of nitrogens with zero attached hydrogens (tertiary/aromatic N) is 2. The van der Waals surface area contributed by atoms with E-state index in [0.717, 1.165) is 42.1 Å². The molecule has 1 N–H and O–H groups in total. The Kier molecular flexibility index (Phi) is 5.72. The maximum absolute atomic E-state index is 14.1. The van der Waals surface area contributed by atoms with Gasteiger partial charge < -0.3 is 15.0 Å². The fourth-order valence-corrected chi connectivity index (χ4v) is 5.85. The largest absolute Gasteiger partial charge is 0.464 e. The number of esters is 1. The van der Waals surface area contributed by atoms with E-state index in [0.29, 0.717) is 18.0 Å². The second-order valence-electron chi connectivity index (χ2n) is 9.20. The first-order chi connectivity index (χ1) is 15.9. The van der Waals surface area contributed by atoms with Crippen LogP contribution in [0.15, 0.2) is 47.1 Å². The van der Waals surface area contributed by atoms with Crippen LogP contribution in [0, 0.1) is 5.92 Å². The fourth-order valence-electron chi connectivity index (χ4n) is 5.58. The summed E-state index contributed by atoms with van der Waals surface area (Å²) in [6.45, 7) is 0. The third kappa shape index (κ3) is 3.84. The highest BCUT2D eigenvalue weighted by Crippen LogP contribution is 2.52. The average Bonchev–Trinajstić information content (AvgIpc) is 3.24. The van der Waals surface area contributed by atoms with E-state index >= 15 is 0 Å². The van der Waals surface area contributed by atoms with Crippen LogP contribution in [0.4, 0.5) is 5.69 Å². The summed E-state index contributed by atoms with van der Waals surface area (Å²) in [5.74, 6) is -0.472. The van der Waals surface area contributed by atoms with E-state index in [1.807, 2.05) is 29.2 Å². The van der Waals surface area contributed by atoms with Crippen molar-refractivity contribution in [2.24, 2.45) is 5.92 Å². The van der Waals surface area contributed by atoms with E-state index < -0.39 is 17.4 Å². The second-order valence-corrected chi connectivity index (χ2v) is 10.1. The van der Waals surface area contributed by atoms with E-state index in [-0.39, 0.29) is 23.6 Å². The summed E-state index contributed by atoms with van der Waals surface area (Å²) in [7, 11) is 1.27. The van der Waals surface area contributed by atoms with Crippen LogP contribution in [0.2, 0.25) is 0 Å². The third-order valence-corrected chi connectivity index (χ3v) is 7.88. The van der Waals surface area contributed by atoms with Gasteiger partial charge in [0.25, 0.3) is 0 Å². The molecule has 0 radical (unpaired) electrons. The zero-order valence-electron chi connectivity index (χ0n) is 18.4. The number of hydrogen-bond acceptors (Lipinski definition) is 5. The standard InChI is InChI=1S/C25H26BrN3O4/c1-33-23(31)21-18(5-4-12-27-21)28-22(30)20-14-15-13-19(15)29(20)24(32)25(10-2-3-11-25)16-6-8-17(26)9-7-16/h4-9,12,15,19-20H,2-3,10-11,13-14H2,1H3,(H,28,30)/t15-,19-,20-/m0/s1. The molecule has 7 nitrogen and oxygen atoms in total. The number of amides is 2. The summed E-state index contributed by atoms with van der Waals surface area (Å²) in [5.41, 5.74) is 0.793. The Labute approximate surface area is 201 Å². The lowest BCUT2D eigenvalue weighted by molar-refractivity contribution is -0.143. The Morgan fingerprint density at radius 2 is 1.85 bits per heavy atom. The number of carbonyl (C=O) groups is 3. The number of hydrogen-bond donors (Lipinski definition) is 1. The Bertz CT molecular complexity index is 1100. The SMILES string of the molecule is COC(=O)c1ncccc1NC(=O)[C@@H]1C[C@@H]2C[C@@H]2N1C(=O)C1(c2ccc(Br)cc2)CCCC1. The van der Waals surface area contributed by atoms with Gasteiger partial charge in [0, 0.05) is 16.7 Å². The van der Waals surface area contributed by atoms with Crippen LogP contribution in [-0.4, -0.2) is 46.9 Å². The van der Waals surface area contributed by atoms with E-state index in [4.69, 9.17) is 4.74 Å². The maximum atomic E-state index is 14.1. The molecule has 1 saturated heterocycles. The highest BCUT2D eigenvalue weighted by molar-refractivity contribution is 9.10. The maximum Gasteiger partial charge on any atom is 0.358 e. The van der Waals surface area contributed by atoms with Crippen LogP contribution < -0.4 is 5.32 Å². The molecule has 33 heavy (non-hydrogen) atoms. The molecule has 2 saturated carbocycles. The molecule has 172 valence electrons. The van der Waals surface area contributed by atoms with Crippen molar-refractivity contribution in [3.63, 3.8) is 0 Å². The van der Waals surface area contributed by atoms with E-state index in [2.05, 4.69) is 26.2 Å². The summed E-state index contributed by atoms with van der Waals surface area (Å²) >= 11 is 3.49. The van der Waals surface area contributed by atoms with Crippen LogP contribution >= 0.6 is 15.9 Å². The molecule has 2 aromatic rings. The van der Waals surface area contributed by atoms with Gasteiger partial charge in [0.1, 0.15) is 6.04 Å². The number of pyridine rings is 1. The predicted molar refractivity (Wildman–Crippen MR) is 126 cm³/mol. The van der Waals surface area contributed by atoms with Crippen LogP contribution in [0.3, 0.4) is 0 Å². The lowest BCUT2D eigenvalue weighted by atomic mass is 9.77. The number of methoxy groups -OCH3 is 1. The zero-order chi connectivity index (χ0) is 23.2. The normalized spacial score (nSPS) is 24.8. The number of piperidine rings is 1. The molecule has 3 fully saturated rings. The minimum absolute atomic E-state index is 0.0523. The molecular weight excluding hydrogens is 486 g/mol. The van der Waals surface area contributed by atoms with Crippen molar-refractivity contribution < 1.29 is 19.1 Å². The summed E-state index contributed by atoms with van der Waals surface area (Å²) in [6, 6.07) is 10.9. The van der Waals surface area contributed by atoms with Gasteiger partial charge in [-0.2, -0.15) is 0 Å². The average molecular weight is 512 g/mol. The van der Waals surface area contributed by atoms with E-state index in [1.165, 1.54) is 13.3 Å². The number of nitrogens with one attached hydrogen (secondary N) is 1. The minimum atomic E-state index is -0.617. The number of halogens is 1. The molecule has 3 aliphatic rings. The van der Waals surface area contributed by atoms with Crippen molar-refractivity contribution in [2.75, 3.05) is 12.4 Å². The number of anilines is 1. The third-order valence-electron chi connectivity index (χ3n) is 7.35. The lowest BCUT2D eigenvalue weighted by Crippen LogP contribution is -2.52. The number of ether oxygens (including phenoxy) is 1. The van der Waals surface area contributed by atoms with Crippen LogP contribution in [-0.2, 0) is 19.7 Å². The molecule has 5 rings (SSSR count). The van der Waals surface area contributed by atoms with Crippen LogP contribution in [0.1, 0.15) is 54.6 Å². The van der Waals surface area contributed by atoms with Gasteiger partial charge >= 0.3 is 5.97 Å². The van der Waals surface area contributed by atoms with Gasteiger partial charge in [0.15, 0.2) is 5.69 Å². The smallest absolute Gasteiger partial charge is 0.358 e. The summed E-state index contributed by atoms with van der Waals surface area (Å²) in [4.78, 5) is 45.5. The first-order valence-corrected chi connectivity index (χ1v) is 12.2. The van der Waals surface area contributed by atoms with Crippen LogP contribution in [0.5, 0.6) is 0 Å². The Morgan fingerprint density at radius 1 is 1.12 bits per heavy atom. The monoisotopic (exact) mass is 511 g/mol. The van der Waals surface area contributed by atoms with Gasteiger partial charge in [-0.15, -0.1) is 0 Å². The first kappa shape index (κ1) is 22.1. The molecule has 8 heteroatoms. The molecule has 3 atom stereocenters. The van der Waals surface area contributed by atoms with Crippen LogP contribution in [0.25, 0.3) is 0 Å². The van der Waals surface area contributed by atoms with Gasteiger partial charge in [0.05, 0.1) is 18.2 Å². The molecular formula is C25H26BrN3O4. The zero-order valence-corrected chi connectivity index (χ0v) is 20.0. The quantitative estimate of drug-likeness (QED) is 0.611. The Hall–Kier alpha value is -2.74. The van der Waals surface area contributed by atoms with Crippen molar-refractivity contribution >= 4 is 39.4 Å². The molecule has 1 aliphatic heterocycles. The van der Waals surface area contributed by atoms with Gasteiger partial charge in [-0.1, -0.05) is 40.9 Å². The van der Waals surface area contributed by atoms with Crippen molar-refractivity contribution in [2.45, 2.75) is 56.0 Å². The molecule has 0 unspecified atom stereocenters. The fraction of sp³-hybridized carbons (Fsp3) is 0.440. The molecule has 2 aliphatic carbocycles. The van der Waals surface area contributed by atoms with Gasteiger partial charge in [-0.25, -0.2) is 9.78 Å². The molecule has 0 spiro atoms. The number of likely N-dealkylation sites (tertiary alicyclic amines) is 1. The first-order valence-electron chi connectivity index (χ1n) is 11.4. The lowest BCUT2D eigenvalue weighted by Gasteiger charge is -2.37. The Balaban J connectivity index is 1.42. The molecule has 1 aromatic carbocycles. The summed E-state index contributed by atoms with van der Waals surface area (Å²) in [6.07, 6.45) is 6.66. The molecule has 2 heterocycles. The highest BCUT2D eigenvalue weighted by Gasteiger charge is 2.59. The number of aromatic nitrogens is 1. The number of rotatable bonds is 5. The van der Waals surface area contributed by atoms with Gasteiger partial charge in [-0.05, 0) is 61.4 Å². The summed E-state index contributed by atoms with van der Waals surface area (Å²) in [5, 5.41) is 2.84. The summed E-state index contributed by atoms with van der Waals surface area (Å²) < 4.78 is 5.76. The van der Waals surface area contributed by atoms with Crippen molar-refractivity contribution in [3.8, 4) is 0 Å². The second kappa shape index (κ2) is 8.56. The number of carbonyl (C=O) groups excluding carboxylic acids is 3. The molecule has 2 amide bonds. The van der Waals surface area contributed by atoms with Crippen molar-refractivity contribution in [3.05, 3.63) is 58.3 Å². The minimum Gasteiger partial charge on any atom is -0.464 e. The van der Waals surface area contributed by atoms with E-state index in [1.54, 1.807) is 12.1 Å². The van der Waals surface area contributed by atoms with Gasteiger partial charge in [0.2, 0.25) is 11.8 Å². The number of benzene rings is 1. The molecule has 1 aromatic heterocycles. The predicted octanol–water partition coefficient (Wildman–Crippen LogP) is 4.07. The van der Waals surface area contributed by atoms with Crippen molar-refractivity contribution in [1.82, 2.24) is 9.88 Å². The topological polar surface area (TPSA) is 88.6 Å². The van der Waals surface area contributed by atoms with Crippen molar-refractivity contribution in [1.29, 1.82) is 0 Å². The Morgan fingerprint density at radius 3 is 2.55 bits per heavy atom. The van der Waals surface area contributed by atoms with Gasteiger partial charge in [-0.3, -0.25) is 9.59 Å². The molecule has 0 bridgehead atoms.